The number of nitrogens with zero attached hydrogens (tertiary/aromatic N) is 1. The van der Waals surface area contributed by atoms with E-state index in [1.165, 1.54) is 11.6 Å². The van der Waals surface area contributed by atoms with Crippen molar-refractivity contribution in [1.82, 2.24) is 10.3 Å². The Hall–Kier alpha value is -1.53. The van der Waals surface area contributed by atoms with Crippen LogP contribution in [0.4, 0.5) is 10.1 Å². The summed E-state index contributed by atoms with van der Waals surface area (Å²) in [5.74, 6) is -0.340. The maximum atomic E-state index is 14.0. The average molecular weight is 394 g/mol. The molecule has 23 heavy (non-hydrogen) atoms. The van der Waals surface area contributed by atoms with E-state index in [1.807, 2.05) is 12.1 Å². The second-order valence-corrected chi connectivity index (χ2v) is 7.05. The van der Waals surface area contributed by atoms with Crippen molar-refractivity contribution in [1.29, 1.82) is 0 Å². The Morgan fingerprint density at radius 1 is 1.17 bits per heavy atom. The van der Waals surface area contributed by atoms with Crippen LogP contribution in [0, 0.1) is 5.82 Å². The van der Waals surface area contributed by atoms with Crippen molar-refractivity contribution < 1.29 is 4.39 Å². The average Bonchev–Trinajstić information content (AvgIpc) is 3.01. The Morgan fingerprint density at radius 2 is 1.87 bits per heavy atom. The summed E-state index contributed by atoms with van der Waals surface area (Å²) in [5, 5.41) is 6.82. The van der Waals surface area contributed by atoms with Crippen LogP contribution in [-0.4, -0.2) is 10.1 Å². The first-order valence-electron chi connectivity index (χ1n) is 7.54. The normalized spacial score (nSPS) is 16.1. The van der Waals surface area contributed by atoms with Crippen LogP contribution in [-0.2, 0) is 5.54 Å². The molecule has 2 N–H and O–H groups in total. The smallest absolute Gasteiger partial charge is 0.171 e. The van der Waals surface area contributed by atoms with Crippen LogP contribution in [0.3, 0.4) is 0 Å². The Bertz CT molecular complexity index is 702. The van der Waals surface area contributed by atoms with E-state index in [1.54, 1.807) is 24.5 Å². The number of hydrogen-bond acceptors (Lipinski definition) is 2. The van der Waals surface area contributed by atoms with Gasteiger partial charge in [-0.1, -0.05) is 28.8 Å². The van der Waals surface area contributed by atoms with Crippen LogP contribution >= 0.6 is 28.1 Å². The number of nitrogens with one attached hydrogen (secondary N) is 2. The van der Waals surface area contributed by atoms with Crippen LogP contribution in [0.2, 0.25) is 0 Å². The standard InChI is InChI=1S/C17H17BrFN3S/c18-13-3-4-15(14(19)11-13)21-16(23)22-17(7-1-2-8-17)12-5-9-20-10-6-12/h3-6,9-11H,1-2,7-8H2,(H2,21,22,23). The molecule has 0 atom stereocenters. The maximum absolute atomic E-state index is 14.0. The zero-order valence-electron chi connectivity index (χ0n) is 12.5. The second-order valence-electron chi connectivity index (χ2n) is 5.73. The van der Waals surface area contributed by atoms with Gasteiger partial charge in [-0.05, 0) is 61.0 Å². The fourth-order valence-corrected chi connectivity index (χ4v) is 3.74. The molecule has 0 amide bonds. The summed E-state index contributed by atoms with van der Waals surface area (Å²) in [6, 6.07) is 8.89. The van der Waals surface area contributed by atoms with Gasteiger partial charge in [-0.25, -0.2) is 4.39 Å². The molecule has 1 aromatic carbocycles. The second kappa shape index (κ2) is 6.93. The Kier molecular flexibility index (Phi) is 4.92. The molecule has 1 aromatic heterocycles. The summed E-state index contributed by atoms with van der Waals surface area (Å²) >= 11 is 8.67. The Balaban J connectivity index is 1.77. The number of thiocarbonyl (C=S) groups is 1. The number of anilines is 1. The molecule has 1 heterocycles. The van der Waals surface area contributed by atoms with E-state index >= 15 is 0 Å². The first-order valence-corrected chi connectivity index (χ1v) is 8.74. The summed E-state index contributed by atoms with van der Waals surface area (Å²) < 4.78 is 14.7. The number of aromatic nitrogens is 1. The molecule has 0 unspecified atom stereocenters. The Morgan fingerprint density at radius 3 is 2.52 bits per heavy atom. The van der Waals surface area contributed by atoms with Gasteiger partial charge in [-0.2, -0.15) is 0 Å². The van der Waals surface area contributed by atoms with E-state index < -0.39 is 0 Å². The van der Waals surface area contributed by atoms with Crippen molar-refractivity contribution in [3.63, 3.8) is 0 Å². The lowest BCUT2D eigenvalue weighted by Crippen LogP contribution is -2.45. The summed E-state index contributed by atoms with van der Waals surface area (Å²) in [6.45, 7) is 0. The van der Waals surface area contributed by atoms with E-state index in [0.29, 0.717) is 15.3 Å². The fraction of sp³-hybridized carbons (Fsp3) is 0.294. The number of halogens is 2. The van der Waals surface area contributed by atoms with Crippen molar-refractivity contribution in [2.24, 2.45) is 0 Å². The van der Waals surface area contributed by atoms with Crippen LogP contribution in [0.1, 0.15) is 31.2 Å². The number of rotatable bonds is 3. The van der Waals surface area contributed by atoms with Gasteiger partial charge in [0.25, 0.3) is 0 Å². The molecular formula is C17H17BrFN3S. The number of hydrogen-bond donors (Lipinski definition) is 2. The quantitative estimate of drug-likeness (QED) is 0.738. The van der Waals surface area contributed by atoms with Crippen molar-refractivity contribution >= 4 is 38.9 Å². The van der Waals surface area contributed by atoms with Gasteiger partial charge in [0.1, 0.15) is 5.82 Å². The highest BCUT2D eigenvalue weighted by Gasteiger charge is 2.36. The molecule has 3 nitrogen and oxygen atoms in total. The summed E-state index contributed by atoms with van der Waals surface area (Å²) in [4.78, 5) is 4.08. The highest BCUT2D eigenvalue weighted by atomic mass is 79.9. The lowest BCUT2D eigenvalue weighted by Gasteiger charge is -2.32. The van der Waals surface area contributed by atoms with Gasteiger partial charge in [0, 0.05) is 16.9 Å². The first-order chi connectivity index (χ1) is 11.1. The third kappa shape index (κ3) is 3.70. The Labute approximate surface area is 148 Å². The van der Waals surface area contributed by atoms with Gasteiger partial charge in [0.05, 0.1) is 11.2 Å². The zero-order valence-corrected chi connectivity index (χ0v) is 14.9. The van der Waals surface area contributed by atoms with Crippen LogP contribution in [0.15, 0.2) is 47.2 Å². The largest absolute Gasteiger partial charge is 0.353 e. The molecular weight excluding hydrogens is 377 g/mol. The van der Waals surface area contributed by atoms with Crippen molar-refractivity contribution in [3.05, 3.63) is 58.6 Å². The molecule has 1 saturated carbocycles. The van der Waals surface area contributed by atoms with Crippen molar-refractivity contribution in [3.8, 4) is 0 Å². The van der Waals surface area contributed by atoms with Crippen molar-refractivity contribution in [2.75, 3.05) is 5.32 Å². The predicted molar refractivity (Wildman–Crippen MR) is 97.8 cm³/mol. The van der Waals surface area contributed by atoms with E-state index in [9.17, 15) is 4.39 Å². The molecule has 0 bridgehead atoms. The van der Waals surface area contributed by atoms with Crippen LogP contribution < -0.4 is 10.6 Å². The van der Waals surface area contributed by atoms with E-state index in [2.05, 4.69) is 31.5 Å². The van der Waals surface area contributed by atoms with E-state index in [4.69, 9.17) is 12.2 Å². The molecule has 1 aliphatic carbocycles. The minimum Gasteiger partial charge on any atom is -0.353 e. The summed E-state index contributed by atoms with van der Waals surface area (Å²) in [7, 11) is 0. The van der Waals surface area contributed by atoms with Gasteiger partial charge >= 0.3 is 0 Å². The minimum absolute atomic E-state index is 0.196. The molecule has 0 radical (unpaired) electrons. The SMILES string of the molecule is Fc1cc(Br)ccc1NC(=S)NC1(c2ccncc2)CCCC1. The molecule has 2 aromatic rings. The molecule has 1 fully saturated rings. The van der Waals surface area contributed by atoms with Gasteiger partial charge in [0.15, 0.2) is 5.11 Å². The monoisotopic (exact) mass is 393 g/mol. The fourth-order valence-electron chi connectivity index (χ4n) is 3.10. The molecule has 0 spiro atoms. The van der Waals surface area contributed by atoms with Gasteiger partial charge in [-0.3, -0.25) is 4.98 Å². The highest BCUT2D eigenvalue weighted by molar-refractivity contribution is 9.10. The third-order valence-electron chi connectivity index (χ3n) is 4.22. The molecule has 3 rings (SSSR count). The first kappa shape index (κ1) is 16.3. The summed E-state index contributed by atoms with van der Waals surface area (Å²) in [5.41, 5.74) is 1.35. The van der Waals surface area contributed by atoms with Gasteiger partial charge in [-0.15, -0.1) is 0 Å². The number of benzene rings is 1. The van der Waals surface area contributed by atoms with Crippen molar-refractivity contribution in [2.45, 2.75) is 31.2 Å². The number of pyridine rings is 1. The summed E-state index contributed by atoms with van der Waals surface area (Å²) in [6.07, 6.45) is 7.88. The highest BCUT2D eigenvalue weighted by Crippen LogP contribution is 2.38. The van der Waals surface area contributed by atoms with E-state index in [-0.39, 0.29) is 11.4 Å². The molecule has 1 aliphatic rings. The van der Waals surface area contributed by atoms with Gasteiger partial charge in [0.2, 0.25) is 0 Å². The lowest BCUT2D eigenvalue weighted by atomic mass is 9.89. The van der Waals surface area contributed by atoms with Crippen LogP contribution in [0.5, 0.6) is 0 Å². The zero-order chi connectivity index (χ0) is 16.3. The van der Waals surface area contributed by atoms with Crippen LogP contribution in [0.25, 0.3) is 0 Å². The lowest BCUT2D eigenvalue weighted by molar-refractivity contribution is 0.408. The molecule has 6 heteroatoms. The third-order valence-corrected chi connectivity index (χ3v) is 4.92. The topological polar surface area (TPSA) is 37.0 Å². The molecule has 120 valence electrons. The van der Waals surface area contributed by atoms with E-state index in [0.717, 1.165) is 25.7 Å². The predicted octanol–water partition coefficient (Wildman–Crippen LogP) is 4.74. The van der Waals surface area contributed by atoms with Gasteiger partial charge < -0.3 is 10.6 Å². The molecule has 0 saturated heterocycles. The maximum Gasteiger partial charge on any atom is 0.171 e. The molecule has 0 aliphatic heterocycles. The minimum atomic E-state index is -0.340.